The van der Waals surface area contributed by atoms with E-state index < -0.39 is 5.97 Å². The summed E-state index contributed by atoms with van der Waals surface area (Å²) in [7, 11) is 0. The largest absolute Gasteiger partial charge is 0.463 e. The van der Waals surface area contributed by atoms with Crippen molar-refractivity contribution in [2.45, 2.75) is 39.5 Å². The Morgan fingerprint density at radius 3 is 2.43 bits per heavy atom. The second-order valence-electron chi connectivity index (χ2n) is 3.01. The minimum atomic E-state index is -0.448. The molecule has 0 rings (SSSR count). The molecule has 0 unspecified atom stereocenters. The third-order valence-corrected chi connectivity index (χ3v) is 1.72. The molecule has 0 aromatic heterocycles. The van der Waals surface area contributed by atoms with Crippen LogP contribution in [0.2, 0.25) is 0 Å². The van der Waals surface area contributed by atoms with Gasteiger partial charge >= 0.3 is 5.97 Å². The summed E-state index contributed by atoms with van der Waals surface area (Å²) in [4.78, 5) is 21.9. The summed E-state index contributed by atoms with van der Waals surface area (Å²) in [6.07, 6.45) is 6.05. The molecule has 0 aliphatic heterocycles. The summed E-state index contributed by atoms with van der Waals surface area (Å²) < 4.78 is 4.64. The Bertz CT molecular complexity index is 207. The quantitative estimate of drug-likeness (QED) is 0.358. The average Bonchev–Trinajstić information content (AvgIpc) is 2.16. The van der Waals surface area contributed by atoms with Crippen LogP contribution in [0.3, 0.4) is 0 Å². The Morgan fingerprint density at radius 1 is 1.14 bits per heavy atom. The molecule has 0 aliphatic rings. The normalized spacial score (nSPS) is 10.4. The highest BCUT2D eigenvalue weighted by Crippen LogP contribution is 2.00. The van der Waals surface area contributed by atoms with Gasteiger partial charge in [0.15, 0.2) is 5.78 Å². The van der Waals surface area contributed by atoms with E-state index in [0.717, 1.165) is 19.3 Å². The molecule has 0 heterocycles. The number of carbonyl (C=O) groups is 2. The first-order valence-electron chi connectivity index (χ1n) is 5.08. The van der Waals surface area contributed by atoms with Crippen LogP contribution < -0.4 is 0 Å². The van der Waals surface area contributed by atoms with Crippen LogP contribution in [0.15, 0.2) is 12.2 Å². The van der Waals surface area contributed by atoms with Crippen molar-refractivity contribution in [2.24, 2.45) is 0 Å². The highest BCUT2D eigenvalue weighted by atomic mass is 16.5. The fraction of sp³-hybridized carbons (Fsp3) is 0.636. The zero-order valence-corrected chi connectivity index (χ0v) is 8.91. The van der Waals surface area contributed by atoms with Crippen LogP contribution in [-0.4, -0.2) is 18.4 Å². The lowest BCUT2D eigenvalue weighted by molar-refractivity contribution is -0.137. The Kier molecular flexibility index (Phi) is 7.80. The predicted octanol–water partition coefficient (Wildman–Crippen LogP) is 2.26. The lowest BCUT2D eigenvalue weighted by Gasteiger charge is -1.95. The fourth-order valence-electron chi connectivity index (χ4n) is 0.984. The molecule has 0 atom stereocenters. The van der Waals surface area contributed by atoms with Crippen molar-refractivity contribution in [2.75, 3.05) is 6.61 Å². The van der Waals surface area contributed by atoms with Gasteiger partial charge in [0.1, 0.15) is 0 Å². The molecule has 0 N–H and O–H groups in total. The van der Waals surface area contributed by atoms with E-state index in [1.807, 2.05) is 0 Å². The van der Waals surface area contributed by atoms with Gasteiger partial charge in [-0.25, -0.2) is 4.79 Å². The average molecular weight is 198 g/mol. The number of allylic oxidation sites excluding steroid dienone is 1. The number of esters is 1. The summed E-state index contributed by atoms with van der Waals surface area (Å²) in [5.74, 6) is -0.456. The monoisotopic (exact) mass is 198 g/mol. The Morgan fingerprint density at radius 2 is 1.86 bits per heavy atom. The maximum absolute atomic E-state index is 11.1. The van der Waals surface area contributed by atoms with Crippen molar-refractivity contribution in [3.05, 3.63) is 12.2 Å². The first-order valence-corrected chi connectivity index (χ1v) is 5.08. The van der Waals surface area contributed by atoms with E-state index in [-0.39, 0.29) is 5.78 Å². The van der Waals surface area contributed by atoms with Gasteiger partial charge in [-0.15, -0.1) is 0 Å². The highest BCUT2D eigenvalue weighted by molar-refractivity contribution is 5.95. The van der Waals surface area contributed by atoms with Crippen molar-refractivity contribution in [1.29, 1.82) is 0 Å². The van der Waals surface area contributed by atoms with E-state index in [4.69, 9.17) is 0 Å². The van der Waals surface area contributed by atoms with Crippen molar-refractivity contribution < 1.29 is 14.3 Å². The van der Waals surface area contributed by atoms with Gasteiger partial charge in [-0.2, -0.15) is 0 Å². The van der Waals surface area contributed by atoms with Gasteiger partial charge in [-0.05, 0) is 19.4 Å². The van der Waals surface area contributed by atoms with Gasteiger partial charge in [0.25, 0.3) is 0 Å². The first kappa shape index (κ1) is 12.9. The predicted molar refractivity (Wildman–Crippen MR) is 54.9 cm³/mol. The third kappa shape index (κ3) is 7.53. The standard InChI is InChI=1S/C11H18O3/c1-3-5-6-7-10(12)8-9-11(13)14-4-2/h8-9H,3-7H2,1-2H3/b9-8+. The van der Waals surface area contributed by atoms with Crippen LogP contribution in [0.1, 0.15) is 39.5 Å². The second kappa shape index (κ2) is 8.48. The fourth-order valence-corrected chi connectivity index (χ4v) is 0.984. The number of rotatable bonds is 7. The van der Waals surface area contributed by atoms with Crippen LogP contribution >= 0.6 is 0 Å². The van der Waals surface area contributed by atoms with Gasteiger partial charge in [0.2, 0.25) is 0 Å². The molecule has 0 spiro atoms. The Labute approximate surface area is 85.1 Å². The van der Waals surface area contributed by atoms with Crippen LogP contribution in [0.25, 0.3) is 0 Å². The molecular weight excluding hydrogens is 180 g/mol. The SMILES string of the molecule is CCCCCC(=O)/C=C/C(=O)OCC. The van der Waals surface area contributed by atoms with E-state index in [9.17, 15) is 9.59 Å². The Hall–Kier alpha value is -1.12. The van der Waals surface area contributed by atoms with E-state index in [1.165, 1.54) is 12.2 Å². The van der Waals surface area contributed by atoms with E-state index in [0.29, 0.717) is 13.0 Å². The molecule has 0 saturated heterocycles. The van der Waals surface area contributed by atoms with Crippen LogP contribution in [0.5, 0.6) is 0 Å². The minimum Gasteiger partial charge on any atom is -0.463 e. The zero-order chi connectivity index (χ0) is 10.8. The molecule has 0 fully saturated rings. The summed E-state index contributed by atoms with van der Waals surface area (Å²) in [6, 6.07) is 0. The molecule has 0 radical (unpaired) electrons. The molecule has 3 heteroatoms. The topological polar surface area (TPSA) is 43.4 Å². The van der Waals surface area contributed by atoms with Gasteiger partial charge in [-0.3, -0.25) is 4.79 Å². The lowest BCUT2D eigenvalue weighted by atomic mass is 10.1. The number of carbonyl (C=O) groups excluding carboxylic acids is 2. The number of unbranched alkanes of at least 4 members (excludes halogenated alkanes) is 2. The summed E-state index contributed by atoms with van der Waals surface area (Å²) in [5.41, 5.74) is 0. The Balaban J connectivity index is 3.64. The molecule has 0 aliphatic carbocycles. The van der Waals surface area contributed by atoms with Crippen molar-refractivity contribution in [1.82, 2.24) is 0 Å². The van der Waals surface area contributed by atoms with Gasteiger partial charge < -0.3 is 4.74 Å². The highest BCUT2D eigenvalue weighted by Gasteiger charge is 1.98. The number of ketones is 1. The smallest absolute Gasteiger partial charge is 0.330 e. The van der Waals surface area contributed by atoms with Crippen LogP contribution in [-0.2, 0) is 14.3 Å². The molecule has 0 saturated carbocycles. The molecular formula is C11H18O3. The number of hydrogen-bond acceptors (Lipinski definition) is 3. The van der Waals surface area contributed by atoms with Crippen LogP contribution in [0.4, 0.5) is 0 Å². The third-order valence-electron chi connectivity index (χ3n) is 1.72. The van der Waals surface area contributed by atoms with E-state index >= 15 is 0 Å². The summed E-state index contributed by atoms with van der Waals surface area (Å²) in [5, 5.41) is 0. The van der Waals surface area contributed by atoms with Crippen LogP contribution in [0, 0.1) is 0 Å². The zero-order valence-electron chi connectivity index (χ0n) is 8.91. The number of ether oxygens (including phenoxy) is 1. The lowest BCUT2D eigenvalue weighted by Crippen LogP contribution is -2.01. The molecule has 3 nitrogen and oxygen atoms in total. The minimum absolute atomic E-state index is 0.00787. The van der Waals surface area contributed by atoms with Gasteiger partial charge in [-0.1, -0.05) is 19.8 Å². The van der Waals surface area contributed by atoms with Gasteiger partial charge in [0, 0.05) is 12.5 Å². The summed E-state index contributed by atoms with van der Waals surface area (Å²) >= 11 is 0. The maximum atomic E-state index is 11.1. The molecule has 0 aromatic carbocycles. The maximum Gasteiger partial charge on any atom is 0.330 e. The van der Waals surface area contributed by atoms with Crippen molar-refractivity contribution >= 4 is 11.8 Å². The molecule has 0 aromatic rings. The number of hydrogen-bond donors (Lipinski definition) is 0. The van der Waals surface area contributed by atoms with E-state index in [1.54, 1.807) is 6.92 Å². The molecule has 0 bridgehead atoms. The van der Waals surface area contributed by atoms with Crippen molar-refractivity contribution in [3.8, 4) is 0 Å². The molecule has 80 valence electrons. The second-order valence-corrected chi connectivity index (χ2v) is 3.01. The van der Waals surface area contributed by atoms with Crippen molar-refractivity contribution in [3.63, 3.8) is 0 Å². The summed E-state index contributed by atoms with van der Waals surface area (Å²) in [6.45, 7) is 4.15. The van der Waals surface area contributed by atoms with E-state index in [2.05, 4.69) is 11.7 Å². The first-order chi connectivity index (χ1) is 6.70. The van der Waals surface area contributed by atoms with Gasteiger partial charge in [0.05, 0.1) is 6.61 Å². The molecule has 0 amide bonds. The molecule has 14 heavy (non-hydrogen) atoms.